The maximum absolute atomic E-state index is 6.01. The molecule has 0 bridgehead atoms. The second-order valence-electron chi connectivity index (χ2n) is 7.14. The smallest absolute Gasteiger partial charge is 0.0717 e. The zero-order chi connectivity index (χ0) is 14.2. The molecule has 2 atom stereocenters. The van der Waals surface area contributed by atoms with Crippen molar-refractivity contribution in [3.8, 4) is 0 Å². The van der Waals surface area contributed by atoms with Crippen LogP contribution in [0.3, 0.4) is 0 Å². The van der Waals surface area contributed by atoms with Gasteiger partial charge in [0.2, 0.25) is 0 Å². The molecule has 1 saturated carbocycles. The summed E-state index contributed by atoms with van der Waals surface area (Å²) >= 11 is 0. The molecule has 4 heteroatoms. The molecule has 3 aliphatic rings. The molecule has 3 rings (SSSR count). The van der Waals surface area contributed by atoms with Crippen LogP contribution in [0.25, 0.3) is 0 Å². The summed E-state index contributed by atoms with van der Waals surface area (Å²) in [6, 6.07) is 1.24. The van der Waals surface area contributed by atoms with E-state index in [-0.39, 0.29) is 0 Å². The number of nitrogens with zero attached hydrogens (tertiary/aromatic N) is 2. The molecule has 1 aliphatic carbocycles. The summed E-state index contributed by atoms with van der Waals surface area (Å²) in [5.74, 6) is 0. The average Bonchev–Trinajstić information content (AvgIpc) is 3.19. The van der Waals surface area contributed by atoms with Gasteiger partial charge in [0, 0.05) is 37.3 Å². The summed E-state index contributed by atoms with van der Waals surface area (Å²) in [7, 11) is 0. The Bertz CT molecular complexity index is 330. The Morgan fingerprint density at radius 2 is 1.95 bits per heavy atom. The Kier molecular flexibility index (Phi) is 4.37. The third-order valence-electron chi connectivity index (χ3n) is 5.32. The van der Waals surface area contributed by atoms with Crippen molar-refractivity contribution in [3.05, 3.63) is 0 Å². The van der Waals surface area contributed by atoms with E-state index in [0.717, 1.165) is 45.9 Å². The van der Waals surface area contributed by atoms with Crippen LogP contribution in [0.2, 0.25) is 0 Å². The quantitative estimate of drug-likeness (QED) is 0.784. The van der Waals surface area contributed by atoms with Crippen LogP contribution in [0.1, 0.15) is 40.0 Å². The highest BCUT2D eigenvalue weighted by Gasteiger charge is 2.51. The second-order valence-corrected chi connectivity index (χ2v) is 7.14. The minimum absolute atomic E-state index is 0.393. The van der Waals surface area contributed by atoms with Crippen LogP contribution < -0.4 is 0 Å². The first-order valence-corrected chi connectivity index (χ1v) is 8.31. The number of ether oxygens (including phenoxy) is 2. The molecule has 3 fully saturated rings. The standard InChI is InChI=1S/C16H30N2O2/c1-13(2)17-6-9-20-15(11-17)10-14(3)18-7-8-19-12-16(18)4-5-16/h13-15H,4-12H2,1-3H3. The molecular weight excluding hydrogens is 252 g/mol. The van der Waals surface area contributed by atoms with E-state index in [1.807, 2.05) is 0 Å². The van der Waals surface area contributed by atoms with E-state index in [4.69, 9.17) is 9.47 Å². The van der Waals surface area contributed by atoms with Crippen molar-refractivity contribution < 1.29 is 9.47 Å². The van der Waals surface area contributed by atoms with Crippen LogP contribution in [-0.2, 0) is 9.47 Å². The SMILES string of the molecule is CC(C)N1CCOC(CC(C)N2CCOCC23CC3)C1. The second kappa shape index (κ2) is 5.91. The summed E-state index contributed by atoms with van der Waals surface area (Å²) in [4.78, 5) is 5.25. The molecule has 0 aromatic rings. The molecule has 0 N–H and O–H groups in total. The molecular formula is C16H30N2O2. The lowest BCUT2D eigenvalue weighted by molar-refractivity contribution is -0.0752. The first-order valence-electron chi connectivity index (χ1n) is 8.31. The average molecular weight is 282 g/mol. The maximum atomic E-state index is 6.01. The molecule has 2 aliphatic heterocycles. The van der Waals surface area contributed by atoms with Crippen LogP contribution in [0.5, 0.6) is 0 Å². The van der Waals surface area contributed by atoms with Crippen LogP contribution in [0.15, 0.2) is 0 Å². The highest BCUT2D eigenvalue weighted by molar-refractivity contribution is 5.07. The van der Waals surface area contributed by atoms with E-state index in [2.05, 4.69) is 30.6 Å². The first kappa shape index (κ1) is 14.8. The van der Waals surface area contributed by atoms with Gasteiger partial charge in [-0.3, -0.25) is 9.80 Å². The zero-order valence-corrected chi connectivity index (χ0v) is 13.3. The Balaban J connectivity index is 1.54. The van der Waals surface area contributed by atoms with Gasteiger partial charge >= 0.3 is 0 Å². The molecule has 2 unspecified atom stereocenters. The van der Waals surface area contributed by atoms with Crippen molar-refractivity contribution in [1.82, 2.24) is 9.80 Å². The van der Waals surface area contributed by atoms with Crippen LogP contribution >= 0.6 is 0 Å². The first-order chi connectivity index (χ1) is 9.61. The molecule has 0 aromatic heterocycles. The fourth-order valence-electron chi connectivity index (χ4n) is 3.87. The Morgan fingerprint density at radius 3 is 2.65 bits per heavy atom. The molecule has 1 spiro atoms. The summed E-state index contributed by atoms with van der Waals surface area (Å²) < 4.78 is 11.7. The lowest BCUT2D eigenvalue weighted by Crippen LogP contribution is -2.54. The Morgan fingerprint density at radius 1 is 1.15 bits per heavy atom. The normalized spacial score (nSPS) is 32.7. The van der Waals surface area contributed by atoms with Crippen molar-refractivity contribution in [2.24, 2.45) is 0 Å². The minimum atomic E-state index is 0.393. The Hall–Kier alpha value is -0.160. The molecule has 116 valence electrons. The van der Waals surface area contributed by atoms with Crippen LogP contribution in [0, 0.1) is 0 Å². The zero-order valence-electron chi connectivity index (χ0n) is 13.3. The lowest BCUT2D eigenvalue weighted by Gasteiger charge is -2.43. The number of hydrogen-bond donors (Lipinski definition) is 0. The molecule has 20 heavy (non-hydrogen) atoms. The molecule has 0 radical (unpaired) electrons. The van der Waals surface area contributed by atoms with E-state index >= 15 is 0 Å². The monoisotopic (exact) mass is 282 g/mol. The summed E-state index contributed by atoms with van der Waals surface area (Å²) in [6.45, 7) is 13.0. The van der Waals surface area contributed by atoms with Crippen molar-refractivity contribution in [1.29, 1.82) is 0 Å². The van der Waals surface area contributed by atoms with Crippen molar-refractivity contribution >= 4 is 0 Å². The van der Waals surface area contributed by atoms with E-state index in [9.17, 15) is 0 Å². The van der Waals surface area contributed by atoms with Gasteiger partial charge in [0.1, 0.15) is 0 Å². The predicted molar refractivity (Wildman–Crippen MR) is 80.0 cm³/mol. The minimum Gasteiger partial charge on any atom is -0.378 e. The fourth-order valence-corrected chi connectivity index (χ4v) is 3.87. The summed E-state index contributed by atoms with van der Waals surface area (Å²) in [5, 5.41) is 0. The van der Waals surface area contributed by atoms with E-state index in [1.54, 1.807) is 0 Å². The molecule has 2 saturated heterocycles. The molecule has 4 nitrogen and oxygen atoms in total. The van der Waals surface area contributed by atoms with Gasteiger partial charge < -0.3 is 9.47 Å². The van der Waals surface area contributed by atoms with Crippen LogP contribution in [-0.4, -0.2) is 73.0 Å². The molecule has 0 aromatic carbocycles. The van der Waals surface area contributed by atoms with Gasteiger partial charge in [-0.05, 0) is 40.0 Å². The maximum Gasteiger partial charge on any atom is 0.0717 e. The van der Waals surface area contributed by atoms with Crippen molar-refractivity contribution in [2.45, 2.75) is 63.8 Å². The predicted octanol–water partition coefficient (Wildman–Crippen LogP) is 1.74. The van der Waals surface area contributed by atoms with Gasteiger partial charge in [-0.25, -0.2) is 0 Å². The third kappa shape index (κ3) is 3.03. The van der Waals surface area contributed by atoms with Gasteiger partial charge in [-0.2, -0.15) is 0 Å². The van der Waals surface area contributed by atoms with E-state index in [0.29, 0.717) is 23.7 Å². The summed E-state index contributed by atoms with van der Waals surface area (Å²) in [5.41, 5.74) is 0.393. The number of hydrogen-bond acceptors (Lipinski definition) is 4. The van der Waals surface area contributed by atoms with Crippen molar-refractivity contribution in [2.75, 3.05) is 39.5 Å². The topological polar surface area (TPSA) is 24.9 Å². The van der Waals surface area contributed by atoms with Gasteiger partial charge in [0.15, 0.2) is 0 Å². The largest absolute Gasteiger partial charge is 0.378 e. The third-order valence-corrected chi connectivity index (χ3v) is 5.32. The Labute approximate surface area is 123 Å². The van der Waals surface area contributed by atoms with E-state index < -0.39 is 0 Å². The number of rotatable bonds is 4. The summed E-state index contributed by atoms with van der Waals surface area (Å²) in [6.07, 6.45) is 4.20. The van der Waals surface area contributed by atoms with Gasteiger partial charge in [0.05, 0.1) is 25.9 Å². The van der Waals surface area contributed by atoms with Gasteiger partial charge in [-0.15, -0.1) is 0 Å². The number of morpholine rings is 2. The van der Waals surface area contributed by atoms with Crippen LogP contribution in [0.4, 0.5) is 0 Å². The molecule has 2 heterocycles. The molecule has 0 amide bonds. The highest BCUT2D eigenvalue weighted by atomic mass is 16.5. The van der Waals surface area contributed by atoms with E-state index in [1.165, 1.54) is 12.8 Å². The fraction of sp³-hybridized carbons (Fsp3) is 1.00. The van der Waals surface area contributed by atoms with Gasteiger partial charge in [-0.1, -0.05) is 0 Å². The highest BCUT2D eigenvalue weighted by Crippen LogP contribution is 2.45. The van der Waals surface area contributed by atoms with Crippen molar-refractivity contribution in [3.63, 3.8) is 0 Å². The van der Waals surface area contributed by atoms with Gasteiger partial charge in [0.25, 0.3) is 0 Å². The lowest BCUT2D eigenvalue weighted by atomic mass is 10.0.